The summed E-state index contributed by atoms with van der Waals surface area (Å²) in [6.45, 7) is 9.87. The summed E-state index contributed by atoms with van der Waals surface area (Å²) in [4.78, 5) is 39.0. The summed E-state index contributed by atoms with van der Waals surface area (Å²) >= 11 is 0. The Bertz CT molecular complexity index is 1870. The highest BCUT2D eigenvalue weighted by Gasteiger charge is 2.31. The molecule has 11 heteroatoms. The Hall–Kier alpha value is -4.90. The number of fused-ring (bicyclic) bond motifs is 2. The zero-order valence-electron chi connectivity index (χ0n) is 28.6. The lowest BCUT2D eigenvalue weighted by Crippen LogP contribution is -2.41. The van der Waals surface area contributed by atoms with Crippen LogP contribution in [0, 0.1) is 0 Å². The summed E-state index contributed by atoms with van der Waals surface area (Å²) < 4.78 is 23.0. The molecular weight excluding hydrogens is 622 g/mol. The molecule has 2 amide bonds. The number of methoxy groups -OCH3 is 1. The highest BCUT2D eigenvalue weighted by Crippen LogP contribution is 2.43. The van der Waals surface area contributed by atoms with E-state index in [1.54, 1.807) is 13.2 Å². The number of morpholine rings is 1. The molecule has 0 atom stereocenters. The van der Waals surface area contributed by atoms with Crippen molar-refractivity contribution in [3.05, 3.63) is 71.4 Å². The number of hydrogen-bond acceptors (Lipinski definition) is 9. The number of rotatable bonds is 6. The lowest BCUT2D eigenvalue weighted by molar-refractivity contribution is 0.0204. The minimum Gasteiger partial charge on any atom is -0.496 e. The summed E-state index contributed by atoms with van der Waals surface area (Å²) in [7, 11) is 1.61. The average Bonchev–Trinajstić information content (AvgIpc) is 3.61. The standard InChI is InChI=1S/C38H43N5O6/c1-38(2,3)49-37(45)43-15-12-24(13-16-43)27-10-11-31(34-30(27)14-19-48-34)40-36-39-23-26-6-5-7-29(33(26)41-36)28-9-8-25(22-32(28)46-4)35(44)42-17-20-47-21-18-42/h5-11,22-24H,12-21H2,1-4H3,(H,39,40,41). The number of nitrogens with one attached hydrogen (secondary N) is 1. The first-order chi connectivity index (χ1) is 23.7. The molecule has 11 nitrogen and oxygen atoms in total. The molecule has 0 saturated carbocycles. The van der Waals surface area contributed by atoms with Gasteiger partial charge in [-0.2, -0.15) is 0 Å². The molecule has 3 aliphatic heterocycles. The van der Waals surface area contributed by atoms with Crippen molar-refractivity contribution in [3.8, 4) is 22.6 Å². The fourth-order valence-electron chi connectivity index (χ4n) is 6.95. The predicted molar refractivity (Wildman–Crippen MR) is 187 cm³/mol. The molecule has 2 fully saturated rings. The van der Waals surface area contributed by atoms with Gasteiger partial charge in [0.1, 0.15) is 17.1 Å². The van der Waals surface area contributed by atoms with Crippen molar-refractivity contribution < 1.29 is 28.5 Å². The number of hydrogen-bond donors (Lipinski definition) is 1. The van der Waals surface area contributed by atoms with Gasteiger partial charge in [0.25, 0.3) is 5.91 Å². The third-order valence-electron chi connectivity index (χ3n) is 9.38. The van der Waals surface area contributed by atoms with Crippen LogP contribution in [0.5, 0.6) is 11.5 Å². The number of benzene rings is 3. The molecule has 0 bridgehead atoms. The van der Waals surface area contributed by atoms with E-state index in [-0.39, 0.29) is 12.0 Å². The van der Waals surface area contributed by atoms with Gasteiger partial charge in [-0.05, 0) is 69.4 Å². The number of likely N-dealkylation sites (tertiary alicyclic amines) is 1. The maximum Gasteiger partial charge on any atom is 0.410 e. The number of carbonyl (C=O) groups is 2. The van der Waals surface area contributed by atoms with Gasteiger partial charge in [-0.25, -0.2) is 14.8 Å². The topological polar surface area (TPSA) is 115 Å². The molecule has 256 valence electrons. The van der Waals surface area contributed by atoms with Crippen LogP contribution in [0.1, 0.15) is 61.0 Å². The van der Waals surface area contributed by atoms with Crippen molar-refractivity contribution in [2.45, 2.75) is 51.6 Å². The molecule has 1 N–H and O–H groups in total. The summed E-state index contributed by atoms with van der Waals surface area (Å²) in [5.41, 5.74) is 5.85. The maximum absolute atomic E-state index is 13.2. The van der Waals surface area contributed by atoms with E-state index in [1.807, 2.05) is 73.2 Å². The largest absolute Gasteiger partial charge is 0.496 e. The summed E-state index contributed by atoms with van der Waals surface area (Å²) in [6.07, 6.45) is 4.15. The smallest absolute Gasteiger partial charge is 0.410 e. The maximum atomic E-state index is 13.2. The molecule has 0 aliphatic carbocycles. The molecule has 2 saturated heterocycles. The molecule has 0 radical (unpaired) electrons. The summed E-state index contributed by atoms with van der Waals surface area (Å²) in [5.74, 6) is 2.19. The van der Waals surface area contributed by atoms with Crippen LogP contribution >= 0.6 is 0 Å². The van der Waals surface area contributed by atoms with Crippen LogP contribution in [0.3, 0.4) is 0 Å². The SMILES string of the molecule is COc1cc(C(=O)N2CCOCC2)ccc1-c1cccc2cnc(Nc3ccc(C4CCN(C(=O)OC(C)(C)C)CC4)c4c3OCC4)nc12. The van der Waals surface area contributed by atoms with Crippen LogP contribution < -0.4 is 14.8 Å². The molecule has 4 aromatic rings. The van der Waals surface area contributed by atoms with Crippen molar-refractivity contribution in [2.24, 2.45) is 0 Å². The van der Waals surface area contributed by atoms with Crippen molar-refractivity contribution in [2.75, 3.05) is 58.4 Å². The van der Waals surface area contributed by atoms with E-state index in [0.717, 1.165) is 52.7 Å². The van der Waals surface area contributed by atoms with Crippen molar-refractivity contribution in [1.29, 1.82) is 0 Å². The minimum atomic E-state index is -0.505. The van der Waals surface area contributed by atoms with Crippen LogP contribution in [-0.4, -0.2) is 90.5 Å². The third-order valence-corrected chi connectivity index (χ3v) is 9.38. The van der Waals surface area contributed by atoms with E-state index in [9.17, 15) is 9.59 Å². The molecule has 3 aliphatic rings. The van der Waals surface area contributed by atoms with Crippen molar-refractivity contribution >= 4 is 34.5 Å². The lowest BCUT2D eigenvalue weighted by Gasteiger charge is -2.34. The van der Waals surface area contributed by atoms with Crippen LogP contribution in [-0.2, 0) is 15.9 Å². The molecule has 49 heavy (non-hydrogen) atoms. The highest BCUT2D eigenvalue weighted by molar-refractivity contribution is 5.99. The van der Waals surface area contributed by atoms with E-state index in [2.05, 4.69) is 16.4 Å². The summed E-state index contributed by atoms with van der Waals surface area (Å²) in [6, 6.07) is 15.8. The minimum absolute atomic E-state index is 0.0353. The first-order valence-corrected chi connectivity index (χ1v) is 17.0. The zero-order chi connectivity index (χ0) is 34.1. The van der Waals surface area contributed by atoms with E-state index in [0.29, 0.717) is 69.2 Å². The van der Waals surface area contributed by atoms with Gasteiger partial charge in [0, 0.05) is 66.4 Å². The number of piperidine rings is 1. The second-order valence-corrected chi connectivity index (χ2v) is 13.7. The predicted octanol–water partition coefficient (Wildman–Crippen LogP) is 6.57. The van der Waals surface area contributed by atoms with Crippen LogP contribution in [0.15, 0.2) is 54.7 Å². The van der Waals surface area contributed by atoms with Crippen LogP contribution in [0.4, 0.5) is 16.4 Å². The monoisotopic (exact) mass is 665 g/mol. The molecule has 7 rings (SSSR count). The Balaban J connectivity index is 1.12. The molecular formula is C38H43N5O6. The Kier molecular flexibility index (Phi) is 9.02. The first kappa shape index (κ1) is 32.6. The quantitative estimate of drug-likeness (QED) is 0.244. The lowest BCUT2D eigenvalue weighted by atomic mass is 9.85. The Morgan fingerprint density at radius 2 is 1.73 bits per heavy atom. The highest BCUT2D eigenvalue weighted by atomic mass is 16.6. The number of amides is 2. The van der Waals surface area contributed by atoms with Gasteiger partial charge < -0.3 is 34.1 Å². The van der Waals surface area contributed by atoms with Gasteiger partial charge in [-0.15, -0.1) is 0 Å². The zero-order valence-corrected chi connectivity index (χ0v) is 28.6. The van der Waals surface area contributed by atoms with E-state index < -0.39 is 5.60 Å². The average molecular weight is 666 g/mol. The third kappa shape index (κ3) is 6.85. The normalized spacial score (nSPS) is 16.7. The van der Waals surface area contributed by atoms with Gasteiger partial charge in [0.15, 0.2) is 0 Å². The summed E-state index contributed by atoms with van der Waals surface area (Å²) in [5, 5.41) is 4.31. The second kappa shape index (κ2) is 13.5. The molecule has 4 heterocycles. The molecule has 3 aromatic carbocycles. The van der Waals surface area contributed by atoms with Gasteiger partial charge in [0.2, 0.25) is 5.95 Å². The fraction of sp³-hybridized carbons (Fsp3) is 0.421. The van der Waals surface area contributed by atoms with Gasteiger partial charge >= 0.3 is 6.09 Å². The first-order valence-electron chi connectivity index (χ1n) is 17.0. The number of carbonyl (C=O) groups excluding carboxylic acids is 2. The van der Waals surface area contributed by atoms with Crippen LogP contribution in [0.25, 0.3) is 22.0 Å². The number of nitrogens with zero attached hydrogens (tertiary/aromatic N) is 4. The van der Waals surface area contributed by atoms with Gasteiger partial charge in [0.05, 0.1) is 38.1 Å². The number of aromatic nitrogens is 2. The Morgan fingerprint density at radius 1 is 0.939 bits per heavy atom. The number of anilines is 2. The number of para-hydroxylation sites is 1. The van der Waals surface area contributed by atoms with Crippen LogP contribution in [0.2, 0.25) is 0 Å². The van der Waals surface area contributed by atoms with Gasteiger partial charge in [-0.1, -0.05) is 24.3 Å². The fourth-order valence-corrected chi connectivity index (χ4v) is 6.95. The van der Waals surface area contributed by atoms with Crippen molar-refractivity contribution in [1.82, 2.24) is 19.8 Å². The number of ether oxygens (including phenoxy) is 4. The Morgan fingerprint density at radius 3 is 2.49 bits per heavy atom. The van der Waals surface area contributed by atoms with E-state index in [1.165, 1.54) is 11.1 Å². The molecule has 0 spiro atoms. The van der Waals surface area contributed by atoms with E-state index >= 15 is 0 Å². The molecule has 1 aromatic heterocycles. The van der Waals surface area contributed by atoms with Crippen molar-refractivity contribution in [3.63, 3.8) is 0 Å². The second-order valence-electron chi connectivity index (χ2n) is 13.7. The Labute approximate surface area is 286 Å². The van der Waals surface area contributed by atoms with E-state index in [4.69, 9.17) is 23.9 Å². The molecule has 0 unspecified atom stereocenters. The van der Waals surface area contributed by atoms with Gasteiger partial charge in [-0.3, -0.25) is 4.79 Å².